The second-order valence-corrected chi connectivity index (χ2v) is 6.39. The standard InChI is InChI=1S/C13H12Br2N2O4/c14-8-3-7(4-9(15)5-8)13(21)17-2-1-16-12(20)10(17)6-11(18)19/h3-5,10H,1-2,6H2,(H,16,20)(H,18,19). The van der Waals surface area contributed by atoms with E-state index in [2.05, 4.69) is 37.2 Å². The highest BCUT2D eigenvalue weighted by Crippen LogP contribution is 2.22. The van der Waals surface area contributed by atoms with Crippen LogP contribution >= 0.6 is 31.9 Å². The molecule has 0 radical (unpaired) electrons. The Morgan fingerprint density at radius 2 is 1.90 bits per heavy atom. The fraction of sp³-hybridized carbons (Fsp3) is 0.308. The highest BCUT2D eigenvalue weighted by atomic mass is 79.9. The summed E-state index contributed by atoms with van der Waals surface area (Å²) in [6.07, 6.45) is -0.410. The minimum atomic E-state index is -1.12. The molecule has 0 bridgehead atoms. The highest BCUT2D eigenvalue weighted by Gasteiger charge is 2.35. The van der Waals surface area contributed by atoms with Crippen LogP contribution in [0.3, 0.4) is 0 Å². The largest absolute Gasteiger partial charge is 0.481 e. The van der Waals surface area contributed by atoms with Crippen LogP contribution in [0.2, 0.25) is 0 Å². The van der Waals surface area contributed by atoms with Gasteiger partial charge in [-0.3, -0.25) is 14.4 Å². The van der Waals surface area contributed by atoms with Gasteiger partial charge in [-0.1, -0.05) is 31.9 Å². The second kappa shape index (κ2) is 6.57. The number of hydrogen-bond donors (Lipinski definition) is 2. The molecule has 1 heterocycles. The molecule has 0 aliphatic carbocycles. The molecule has 6 nitrogen and oxygen atoms in total. The lowest BCUT2D eigenvalue weighted by molar-refractivity contribution is -0.142. The van der Waals surface area contributed by atoms with Gasteiger partial charge >= 0.3 is 5.97 Å². The molecule has 1 aromatic rings. The van der Waals surface area contributed by atoms with E-state index in [0.29, 0.717) is 12.1 Å². The Hall–Kier alpha value is -1.41. The lowest BCUT2D eigenvalue weighted by Gasteiger charge is -2.34. The highest BCUT2D eigenvalue weighted by molar-refractivity contribution is 9.11. The summed E-state index contributed by atoms with van der Waals surface area (Å²) < 4.78 is 1.44. The van der Waals surface area contributed by atoms with E-state index in [1.807, 2.05) is 0 Å². The van der Waals surface area contributed by atoms with Crippen LogP contribution in [0.5, 0.6) is 0 Å². The summed E-state index contributed by atoms with van der Waals surface area (Å²) >= 11 is 6.60. The van der Waals surface area contributed by atoms with Gasteiger partial charge in [-0.25, -0.2) is 0 Å². The molecule has 1 aliphatic rings. The number of nitrogens with one attached hydrogen (secondary N) is 1. The number of benzene rings is 1. The first-order chi connectivity index (χ1) is 9.88. The second-order valence-electron chi connectivity index (χ2n) is 4.56. The summed E-state index contributed by atoms with van der Waals surface area (Å²) in [6.45, 7) is 0.600. The Kier molecular flexibility index (Phi) is 5.00. The fourth-order valence-corrected chi connectivity index (χ4v) is 3.46. The van der Waals surface area contributed by atoms with E-state index in [1.165, 1.54) is 4.90 Å². The first-order valence-corrected chi connectivity index (χ1v) is 7.73. The van der Waals surface area contributed by atoms with Crippen LogP contribution in [-0.4, -0.2) is 46.9 Å². The van der Waals surface area contributed by atoms with Crippen molar-refractivity contribution in [1.29, 1.82) is 0 Å². The van der Waals surface area contributed by atoms with E-state index in [-0.39, 0.29) is 12.5 Å². The minimum absolute atomic E-state index is 0.284. The van der Waals surface area contributed by atoms with Crippen molar-refractivity contribution >= 4 is 49.6 Å². The molecule has 2 rings (SSSR count). The minimum Gasteiger partial charge on any atom is -0.481 e. The van der Waals surface area contributed by atoms with E-state index in [1.54, 1.807) is 18.2 Å². The number of carboxylic acid groups (broad SMARTS) is 1. The maximum absolute atomic E-state index is 12.6. The number of carbonyl (C=O) groups is 3. The molecule has 112 valence electrons. The van der Waals surface area contributed by atoms with Crippen LogP contribution in [-0.2, 0) is 9.59 Å². The molecule has 0 aromatic heterocycles. The summed E-state index contributed by atoms with van der Waals surface area (Å²) in [5.41, 5.74) is 0.390. The Labute approximate surface area is 137 Å². The van der Waals surface area contributed by atoms with E-state index in [0.717, 1.165) is 8.95 Å². The maximum Gasteiger partial charge on any atom is 0.305 e. The molecule has 8 heteroatoms. The maximum atomic E-state index is 12.6. The molecule has 1 aromatic carbocycles. The van der Waals surface area contributed by atoms with Gasteiger partial charge in [-0.15, -0.1) is 0 Å². The fourth-order valence-electron chi connectivity index (χ4n) is 2.17. The number of hydrogen-bond acceptors (Lipinski definition) is 3. The summed E-state index contributed by atoms with van der Waals surface area (Å²) in [7, 11) is 0. The Morgan fingerprint density at radius 1 is 1.29 bits per heavy atom. The summed E-state index contributed by atoms with van der Waals surface area (Å²) in [6, 6.07) is 4.07. The van der Waals surface area contributed by atoms with E-state index < -0.39 is 24.3 Å². The molecule has 0 spiro atoms. The molecule has 21 heavy (non-hydrogen) atoms. The first kappa shape index (κ1) is 16.0. The molecule has 1 fully saturated rings. The normalized spacial score (nSPS) is 18.3. The monoisotopic (exact) mass is 418 g/mol. The van der Waals surface area contributed by atoms with Crippen LogP contribution in [0.1, 0.15) is 16.8 Å². The SMILES string of the molecule is O=C(O)CC1C(=O)NCCN1C(=O)c1cc(Br)cc(Br)c1. The van der Waals surface area contributed by atoms with Crippen LogP contribution < -0.4 is 5.32 Å². The third kappa shape index (κ3) is 3.82. The zero-order chi connectivity index (χ0) is 15.6. The molecular formula is C13H12Br2N2O4. The van der Waals surface area contributed by atoms with Crippen molar-refractivity contribution in [2.24, 2.45) is 0 Å². The molecule has 1 aliphatic heterocycles. The van der Waals surface area contributed by atoms with Crippen LogP contribution in [0.15, 0.2) is 27.1 Å². The third-order valence-electron chi connectivity index (χ3n) is 3.07. The Morgan fingerprint density at radius 3 is 2.48 bits per heavy atom. The van der Waals surface area contributed by atoms with Crippen LogP contribution in [0, 0.1) is 0 Å². The van der Waals surface area contributed by atoms with Crippen molar-refractivity contribution in [1.82, 2.24) is 10.2 Å². The first-order valence-electron chi connectivity index (χ1n) is 6.15. The zero-order valence-corrected chi connectivity index (χ0v) is 14.0. The quantitative estimate of drug-likeness (QED) is 0.779. The van der Waals surface area contributed by atoms with E-state index in [4.69, 9.17) is 5.11 Å². The summed E-state index contributed by atoms with van der Waals surface area (Å²) in [5.74, 6) is -1.92. The van der Waals surface area contributed by atoms with Crippen molar-refractivity contribution in [3.8, 4) is 0 Å². The van der Waals surface area contributed by atoms with Gasteiger partial charge in [-0.2, -0.15) is 0 Å². The molecule has 2 amide bonds. The summed E-state index contributed by atoms with van der Waals surface area (Å²) in [4.78, 5) is 36.6. The molecule has 1 unspecified atom stereocenters. The van der Waals surface area contributed by atoms with Gasteiger partial charge in [0.05, 0.1) is 6.42 Å². The Balaban J connectivity index is 2.30. The lowest BCUT2D eigenvalue weighted by Crippen LogP contribution is -2.57. The Bertz CT molecular complexity index is 586. The number of rotatable bonds is 3. The molecule has 2 N–H and O–H groups in total. The van der Waals surface area contributed by atoms with E-state index >= 15 is 0 Å². The van der Waals surface area contributed by atoms with Crippen molar-refractivity contribution in [2.45, 2.75) is 12.5 Å². The topological polar surface area (TPSA) is 86.7 Å². The number of piperazine rings is 1. The smallest absolute Gasteiger partial charge is 0.305 e. The van der Waals surface area contributed by atoms with Gasteiger partial charge in [0.1, 0.15) is 6.04 Å². The van der Waals surface area contributed by atoms with Crippen molar-refractivity contribution in [3.63, 3.8) is 0 Å². The zero-order valence-electron chi connectivity index (χ0n) is 10.8. The number of nitrogens with zero attached hydrogens (tertiary/aromatic N) is 1. The van der Waals surface area contributed by atoms with Gasteiger partial charge < -0.3 is 15.3 Å². The number of carbonyl (C=O) groups excluding carboxylic acids is 2. The average molecular weight is 420 g/mol. The van der Waals surface area contributed by atoms with Gasteiger partial charge in [0.25, 0.3) is 5.91 Å². The number of amides is 2. The van der Waals surface area contributed by atoms with Gasteiger partial charge in [0.15, 0.2) is 0 Å². The van der Waals surface area contributed by atoms with Gasteiger partial charge in [-0.05, 0) is 18.2 Å². The molecule has 1 atom stereocenters. The number of carboxylic acids is 1. The van der Waals surface area contributed by atoms with Crippen LogP contribution in [0.4, 0.5) is 0 Å². The number of halogens is 2. The molecular weight excluding hydrogens is 408 g/mol. The lowest BCUT2D eigenvalue weighted by atomic mass is 10.1. The predicted octanol–water partition coefficient (Wildman–Crippen LogP) is 1.63. The molecule has 0 saturated carbocycles. The van der Waals surface area contributed by atoms with Gasteiger partial charge in [0.2, 0.25) is 5.91 Å². The van der Waals surface area contributed by atoms with Crippen molar-refractivity contribution < 1.29 is 19.5 Å². The predicted molar refractivity (Wildman–Crippen MR) is 81.9 cm³/mol. The summed E-state index contributed by atoms with van der Waals surface area (Å²) in [5, 5.41) is 11.5. The van der Waals surface area contributed by atoms with Crippen LogP contribution in [0.25, 0.3) is 0 Å². The van der Waals surface area contributed by atoms with Gasteiger partial charge in [0, 0.05) is 27.6 Å². The molecule has 1 saturated heterocycles. The average Bonchev–Trinajstić information content (AvgIpc) is 2.38. The van der Waals surface area contributed by atoms with Crippen molar-refractivity contribution in [2.75, 3.05) is 13.1 Å². The third-order valence-corrected chi connectivity index (χ3v) is 3.98. The van der Waals surface area contributed by atoms with Crippen molar-refractivity contribution in [3.05, 3.63) is 32.7 Å². The van der Waals surface area contributed by atoms with E-state index in [9.17, 15) is 14.4 Å². The number of aliphatic carboxylic acids is 1.